The van der Waals surface area contributed by atoms with Crippen molar-refractivity contribution in [2.45, 2.75) is 78.6 Å². The van der Waals surface area contributed by atoms with Crippen LogP contribution in [-0.4, -0.2) is 52.9 Å². The number of anilines is 2. The average molecular weight is 701 g/mol. The molecule has 0 spiro atoms. The summed E-state index contributed by atoms with van der Waals surface area (Å²) in [4.78, 5) is 14.0. The van der Waals surface area contributed by atoms with E-state index in [2.05, 4.69) is 49.1 Å². The number of hydrogen-bond donors (Lipinski definition) is 1. The first-order valence-corrected chi connectivity index (χ1v) is 20.1. The Bertz CT molecular complexity index is 1970. The Balaban J connectivity index is 1.28. The number of pyridine rings is 1. The number of fused-ring (bicyclic) bond motifs is 1. The van der Waals surface area contributed by atoms with Gasteiger partial charge in [-0.15, -0.1) is 0 Å². The molecule has 2 aromatic carbocycles. The first-order chi connectivity index (χ1) is 23.8. The molecule has 0 atom stereocenters. The fourth-order valence-corrected chi connectivity index (χ4v) is 6.32. The maximum Gasteiger partial charge on any atom is 0.191 e. The van der Waals surface area contributed by atoms with Crippen LogP contribution in [0.3, 0.4) is 0 Å². The van der Waals surface area contributed by atoms with Gasteiger partial charge in [0.05, 0.1) is 31.5 Å². The molecule has 9 nitrogen and oxygen atoms in total. The third kappa shape index (κ3) is 8.13. The predicted octanol–water partition coefficient (Wildman–Crippen LogP) is 9.15. The Morgan fingerprint density at radius 3 is 2.42 bits per heavy atom. The van der Waals surface area contributed by atoms with Crippen LogP contribution >= 0.6 is 0 Å². The van der Waals surface area contributed by atoms with Crippen LogP contribution in [0.15, 0.2) is 54.9 Å². The molecular formula is C38H46F2N6O3Si. The highest BCUT2D eigenvalue weighted by Gasteiger charge is 2.36. The number of rotatable bonds is 14. The zero-order valence-corrected chi connectivity index (χ0v) is 30.9. The van der Waals surface area contributed by atoms with Gasteiger partial charge in [0.25, 0.3) is 0 Å². The largest absolute Gasteiger partial charge is 0.493 e. The van der Waals surface area contributed by atoms with Crippen LogP contribution in [0.5, 0.6) is 11.5 Å². The van der Waals surface area contributed by atoms with Crippen LogP contribution in [0.2, 0.25) is 18.1 Å². The smallest absolute Gasteiger partial charge is 0.191 e. The van der Waals surface area contributed by atoms with Crippen molar-refractivity contribution in [2.75, 3.05) is 25.1 Å². The fourth-order valence-electron chi connectivity index (χ4n) is 5.23. The van der Waals surface area contributed by atoms with Gasteiger partial charge in [-0.3, -0.25) is 9.67 Å². The van der Waals surface area contributed by atoms with E-state index in [1.807, 2.05) is 44.2 Å². The Labute approximate surface area is 293 Å². The fraction of sp³-hybridized carbons (Fsp3) is 0.421. The van der Waals surface area contributed by atoms with Gasteiger partial charge in [-0.1, -0.05) is 39.0 Å². The van der Waals surface area contributed by atoms with Gasteiger partial charge in [0, 0.05) is 53.7 Å². The number of aromatic nitrogens is 5. The van der Waals surface area contributed by atoms with E-state index in [4.69, 9.17) is 24.0 Å². The molecule has 0 saturated heterocycles. The van der Waals surface area contributed by atoms with E-state index in [9.17, 15) is 0 Å². The van der Waals surface area contributed by atoms with Gasteiger partial charge < -0.3 is 19.2 Å². The molecule has 3 heterocycles. The number of benzene rings is 2. The summed E-state index contributed by atoms with van der Waals surface area (Å²) in [5.41, 5.74) is 3.69. The number of ether oxygens (including phenoxy) is 2. The second-order valence-electron chi connectivity index (χ2n) is 14.6. The first-order valence-electron chi connectivity index (χ1n) is 17.2. The molecule has 0 unspecified atom stereocenters. The minimum Gasteiger partial charge on any atom is -0.493 e. The summed E-state index contributed by atoms with van der Waals surface area (Å²) in [7, 11) is -1.87. The van der Waals surface area contributed by atoms with Gasteiger partial charge >= 0.3 is 0 Å². The molecule has 264 valence electrons. The lowest BCUT2D eigenvalue weighted by Gasteiger charge is -2.36. The summed E-state index contributed by atoms with van der Waals surface area (Å²) in [6.45, 7) is 16.4. The van der Waals surface area contributed by atoms with Crippen LogP contribution in [-0.2, 0) is 11.0 Å². The molecule has 50 heavy (non-hydrogen) atoms. The summed E-state index contributed by atoms with van der Waals surface area (Å²) in [6, 6.07) is 11.9. The minimum absolute atomic E-state index is 0.100. The summed E-state index contributed by atoms with van der Waals surface area (Å²) in [6.07, 6.45) is 6.32. The average Bonchev–Trinajstić information content (AvgIpc) is 3.83. The molecule has 1 aliphatic carbocycles. The van der Waals surface area contributed by atoms with Gasteiger partial charge in [-0.25, -0.2) is 18.7 Å². The van der Waals surface area contributed by atoms with E-state index in [0.717, 1.165) is 35.2 Å². The maximum atomic E-state index is 15.3. The zero-order chi connectivity index (χ0) is 35.6. The summed E-state index contributed by atoms with van der Waals surface area (Å²) in [5.74, 6) is 0.582. The Morgan fingerprint density at radius 1 is 0.960 bits per heavy atom. The van der Waals surface area contributed by atoms with Crippen molar-refractivity contribution in [3.63, 3.8) is 0 Å². The number of para-hydroxylation sites is 1. The second kappa shape index (κ2) is 14.4. The van der Waals surface area contributed by atoms with Crippen molar-refractivity contribution in [2.24, 2.45) is 5.92 Å². The monoisotopic (exact) mass is 700 g/mol. The molecule has 0 radical (unpaired) electrons. The predicted molar refractivity (Wildman–Crippen MR) is 195 cm³/mol. The van der Waals surface area contributed by atoms with Crippen LogP contribution in [0.25, 0.3) is 22.4 Å². The Hall–Kier alpha value is -4.42. The summed E-state index contributed by atoms with van der Waals surface area (Å²) >= 11 is 0. The highest BCUT2D eigenvalue weighted by Crippen LogP contribution is 2.37. The van der Waals surface area contributed by atoms with Crippen molar-refractivity contribution in [1.82, 2.24) is 24.7 Å². The van der Waals surface area contributed by atoms with E-state index in [1.54, 1.807) is 17.1 Å². The summed E-state index contributed by atoms with van der Waals surface area (Å²) in [5, 5.41) is 9.10. The Morgan fingerprint density at radius 2 is 1.70 bits per heavy atom. The lowest BCUT2D eigenvalue weighted by Crippen LogP contribution is -2.41. The summed E-state index contributed by atoms with van der Waals surface area (Å²) < 4.78 is 50.3. The van der Waals surface area contributed by atoms with E-state index in [0.29, 0.717) is 60.8 Å². The quantitative estimate of drug-likeness (QED) is 0.0905. The molecular weight excluding hydrogens is 655 g/mol. The topological polar surface area (TPSA) is 96.2 Å². The van der Waals surface area contributed by atoms with Crippen LogP contribution in [0, 0.1) is 31.4 Å². The number of nitrogens with zero attached hydrogens (tertiary/aromatic N) is 5. The zero-order valence-electron chi connectivity index (χ0n) is 29.9. The highest BCUT2D eigenvalue weighted by molar-refractivity contribution is 6.74. The molecule has 1 aliphatic rings. The molecule has 0 aliphatic heterocycles. The Kier molecular flexibility index (Phi) is 10.2. The number of halogens is 2. The van der Waals surface area contributed by atoms with Crippen molar-refractivity contribution >= 4 is 30.7 Å². The van der Waals surface area contributed by atoms with Crippen molar-refractivity contribution in [1.29, 1.82) is 0 Å². The molecule has 6 rings (SSSR count). The minimum atomic E-state index is -1.87. The van der Waals surface area contributed by atoms with E-state index in [1.165, 1.54) is 12.1 Å². The van der Waals surface area contributed by atoms with Crippen molar-refractivity contribution < 1.29 is 22.7 Å². The van der Waals surface area contributed by atoms with Crippen molar-refractivity contribution in [3.05, 3.63) is 83.3 Å². The molecule has 5 aromatic rings. The number of nitrogens with one attached hydrogen (secondary N) is 1. The van der Waals surface area contributed by atoms with Gasteiger partial charge in [-0.2, -0.15) is 5.10 Å². The molecule has 12 heteroatoms. The second-order valence-corrected chi connectivity index (χ2v) is 19.4. The van der Waals surface area contributed by atoms with Gasteiger partial charge in [0.2, 0.25) is 0 Å². The third-order valence-electron chi connectivity index (χ3n) is 9.54. The van der Waals surface area contributed by atoms with Gasteiger partial charge in [0.1, 0.15) is 23.1 Å². The standard InChI is InChI=1S/C38H46F2N6O3Si/c1-24-20-41-25(2)17-32(24)43-36-34(47-15-10-16-49-50(6,7)38(3,4)5)21-42-37(44-36)35-28-11-8-9-12-33(28)46(45-35)22-29-30(39)18-27(19-31(29)40)48-23-26-13-14-26/h8-9,11-12,17-21,26H,10,13-16,22-23H2,1-7H3,(H,41,42,43,44). The maximum absolute atomic E-state index is 15.3. The van der Waals surface area contributed by atoms with Gasteiger partial charge in [-0.05, 0) is 68.4 Å². The number of aryl methyl sites for hydroxylation is 2. The van der Waals surface area contributed by atoms with Gasteiger partial charge in [0.15, 0.2) is 25.7 Å². The van der Waals surface area contributed by atoms with Crippen molar-refractivity contribution in [3.8, 4) is 23.0 Å². The molecule has 3 aromatic heterocycles. The molecule has 1 fully saturated rings. The third-order valence-corrected chi connectivity index (χ3v) is 14.1. The normalized spacial score (nSPS) is 13.5. The van der Waals surface area contributed by atoms with Crippen LogP contribution in [0.1, 0.15) is 56.9 Å². The lowest BCUT2D eigenvalue weighted by atomic mass is 10.1. The van der Waals surface area contributed by atoms with Crippen LogP contribution < -0.4 is 14.8 Å². The first kappa shape index (κ1) is 35.4. The van der Waals surface area contributed by atoms with E-state index >= 15 is 8.78 Å². The highest BCUT2D eigenvalue weighted by atomic mass is 28.4. The molecule has 1 saturated carbocycles. The van der Waals surface area contributed by atoms with E-state index in [-0.39, 0.29) is 22.9 Å². The molecule has 0 amide bonds. The van der Waals surface area contributed by atoms with E-state index < -0.39 is 20.0 Å². The SMILES string of the molecule is Cc1cc(Nc2nc(-c3nn(Cc4c(F)cc(OCC5CC5)cc4F)c4ccccc34)ncc2OCCCO[Si](C)(C)C(C)(C)C)c(C)cn1. The lowest BCUT2D eigenvalue weighted by molar-refractivity contribution is 0.233. The van der Waals surface area contributed by atoms with Crippen LogP contribution in [0.4, 0.5) is 20.3 Å². The number of hydrogen-bond acceptors (Lipinski definition) is 8. The molecule has 1 N–H and O–H groups in total. The molecule has 0 bridgehead atoms.